The Morgan fingerprint density at radius 2 is 0.885 bits per heavy atom. The molecule has 2 fully saturated rings. The van der Waals surface area contributed by atoms with E-state index in [2.05, 4.69) is 48.5 Å². The van der Waals surface area contributed by atoms with Gasteiger partial charge in [-0.25, -0.2) is 0 Å². The molecule has 0 nitrogen and oxygen atoms in total. The molecule has 2 aliphatic rings. The summed E-state index contributed by atoms with van der Waals surface area (Å²) < 4.78 is 0. The fourth-order valence-electron chi connectivity index (χ4n) is 4.78. The predicted octanol–water partition coefficient (Wildman–Crippen LogP) is 7.37. The maximum atomic E-state index is 6.87. The van der Waals surface area contributed by atoms with E-state index in [-0.39, 0.29) is 0 Å². The van der Waals surface area contributed by atoms with Crippen molar-refractivity contribution in [2.24, 2.45) is 0 Å². The monoisotopic (exact) mass is 384 g/mol. The van der Waals surface area contributed by atoms with E-state index in [1.165, 1.54) is 85.9 Å². The molecule has 2 heteroatoms. The second-order valence-electron chi connectivity index (χ2n) is 8.13. The first kappa shape index (κ1) is 18.5. The number of hydrogen-bond donors (Lipinski definition) is 0. The van der Waals surface area contributed by atoms with Crippen LogP contribution in [0.2, 0.25) is 0 Å². The molecule has 0 saturated heterocycles. The van der Waals surface area contributed by atoms with Crippen LogP contribution in [-0.2, 0) is 0 Å². The Labute approximate surface area is 164 Å². The molecule has 2 aromatic rings. The van der Waals surface area contributed by atoms with Gasteiger partial charge in [-0.15, -0.1) is 0 Å². The lowest BCUT2D eigenvalue weighted by Crippen LogP contribution is -2.11. The second kappa shape index (κ2) is 8.90. The van der Waals surface area contributed by atoms with Crippen LogP contribution in [0.4, 0.5) is 0 Å². The Bertz CT molecular complexity index is 618. The number of halogens is 1. The highest BCUT2D eigenvalue weighted by Gasteiger charge is 2.18. The Balaban J connectivity index is 1.43. The Kier molecular flexibility index (Phi) is 6.34. The third-order valence-electron chi connectivity index (χ3n) is 6.39. The van der Waals surface area contributed by atoms with Gasteiger partial charge in [0.1, 0.15) is 0 Å². The topological polar surface area (TPSA) is 0 Å². The minimum atomic E-state index is -0.758. The summed E-state index contributed by atoms with van der Waals surface area (Å²) in [5.74, 6) is 1.54. The van der Waals surface area contributed by atoms with E-state index in [0.29, 0.717) is 0 Å². The first-order valence-corrected chi connectivity index (χ1v) is 12.7. The predicted molar refractivity (Wildman–Crippen MR) is 117 cm³/mol. The Morgan fingerprint density at radius 1 is 0.538 bits per heavy atom. The molecule has 0 heterocycles. The summed E-state index contributed by atoms with van der Waals surface area (Å²) in [5, 5.41) is 2.57. The van der Waals surface area contributed by atoms with Gasteiger partial charge in [0.2, 0.25) is 0 Å². The standard InChI is InChI=1S/C24H30ClP/c25-26(23-15-11-21(12-16-23)19-7-3-1-4-8-19)24-17-13-22(14-18-24)20-9-5-2-6-10-20/h11-20H,1-10H2. The lowest BCUT2D eigenvalue weighted by atomic mass is 9.84. The molecule has 0 bridgehead atoms. The highest BCUT2D eigenvalue weighted by atomic mass is 35.7. The second-order valence-corrected chi connectivity index (χ2v) is 10.7. The third-order valence-corrected chi connectivity index (χ3v) is 9.07. The molecule has 0 amide bonds. The molecule has 2 aromatic carbocycles. The van der Waals surface area contributed by atoms with E-state index in [9.17, 15) is 0 Å². The van der Waals surface area contributed by atoms with Gasteiger partial charge >= 0.3 is 0 Å². The molecule has 0 aromatic heterocycles. The molecule has 26 heavy (non-hydrogen) atoms. The summed E-state index contributed by atoms with van der Waals surface area (Å²) in [5.41, 5.74) is 3.03. The zero-order valence-corrected chi connectivity index (χ0v) is 17.3. The van der Waals surface area contributed by atoms with Crippen molar-refractivity contribution in [1.29, 1.82) is 0 Å². The average Bonchev–Trinajstić information content (AvgIpc) is 2.75. The van der Waals surface area contributed by atoms with Crippen molar-refractivity contribution in [2.45, 2.75) is 76.0 Å². The summed E-state index contributed by atoms with van der Waals surface area (Å²) in [4.78, 5) is 0. The average molecular weight is 385 g/mol. The molecule has 0 radical (unpaired) electrons. The molecular weight excluding hydrogens is 355 g/mol. The fraction of sp³-hybridized carbons (Fsp3) is 0.500. The lowest BCUT2D eigenvalue weighted by Gasteiger charge is -2.23. The van der Waals surface area contributed by atoms with Crippen LogP contribution in [0.5, 0.6) is 0 Å². The maximum absolute atomic E-state index is 6.87. The van der Waals surface area contributed by atoms with Crippen LogP contribution in [0.25, 0.3) is 0 Å². The van der Waals surface area contributed by atoms with Gasteiger partial charge < -0.3 is 0 Å². The van der Waals surface area contributed by atoms with Gasteiger partial charge in [-0.1, -0.05) is 98.3 Å². The lowest BCUT2D eigenvalue weighted by molar-refractivity contribution is 0.443. The number of benzene rings is 2. The molecule has 0 unspecified atom stereocenters. The summed E-state index contributed by atoms with van der Waals surface area (Å²) in [7, 11) is -0.758. The minimum absolute atomic E-state index is 0.758. The van der Waals surface area contributed by atoms with Gasteiger partial charge in [-0.05, 0) is 59.3 Å². The number of hydrogen-bond acceptors (Lipinski definition) is 0. The van der Waals surface area contributed by atoms with Crippen LogP contribution < -0.4 is 10.6 Å². The van der Waals surface area contributed by atoms with E-state index >= 15 is 0 Å². The molecule has 0 atom stereocenters. The smallest absolute Gasteiger partial charge is 0.0524 e. The molecule has 0 spiro atoms. The Morgan fingerprint density at radius 3 is 1.23 bits per heavy atom. The summed E-state index contributed by atoms with van der Waals surface area (Å²) in [6, 6.07) is 18.4. The van der Waals surface area contributed by atoms with E-state index in [0.717, 1.165) is 11.8 Å². The first-order valence-electron chi connectivity index (χ1n) is 10.5. The van der Waals surface area contributed by atoms with Crippen LogP contribution in [0.3, 0.4) is 0 Å². The van der Waals surface area contributed by atoms with Gasteiger partial charge in [0, 0.05) is 0 Å². The molecule has 2 aliphatic carbocycles. The van der Waals surface area contributed by atoms with Crippen molar-refractivity contribution in [1.82, 2.24) is 0 Å². The highest BCUT2D eigenvalue weighted by molar-refractivity contribution is 7.95. The fourth-order valence-corrected chi connectivity index (χ4v) is 6.57. The summed E-state index contributed by atoms with van der Waals surface area (Å²) in [6.45, 7) is 0. The van der Waals surface area contributed by atoms with Crippen LogP contribution in [0, 0.1) is 0 Å². The summed E-state index contributed by atoms with van der Waals surface area (Å²) >= 11 is 6.87. The molecule has 4 rings (SSSR count). The van der Waals surface area contributed by atoms with Crippen LogP contribution in [0.1, 0.15) is 87.2 Å². The quantitative estimate of drug-likeness (QED) is 0.482. The SMILES string of the molecule is ClP(c1ccc(C2CCCCC2)cc1)c1ccc(C2CCCCC2)cc1. The maximum Gasteiger partial charge on any atom is 0.0524 e. The molecular formula is C24H30ClP. The van der Waals surface area contributed by atoms with Crippen molar-refractivity contribution >= 4 is 29.1 Å². The van der Waals surface area contributed by atoms with Crippen LogP contribution in [0.15, 0.2) is 48.5 Å². The molecule has 0 aliphatic heterocycles. The van der Waals surface area contributed by atoms with E-state index < -0.39 is 7.27 Å². The normalized spacial score (nSPS) is 19.8. The van der Waals surface area contributed by atoms with Gasteiger partial charge in [-0.3, -0.25) is 0 Å². The largest absolute Gasteiger partial charge is 0.0859 e. The van der Waals surface area contributed by atoms with Crippen LogP contribution in [-0.4, -0.2) is 0 Å². The third kappa shape index (κ3) is 4.35. The van der Waals surface area contributed by atoms with Crippen molar-refractivity contribution < 1.29 is 0 Å². The zero-order chi connectivity index (χ0) is 17.8. The van der Waals surface area contributed by atoms with Gasteiger partial charge in [0.15, 0.2) is 0 Å². The Hall–Kier alpha value is -0.840. The van der Waals surface area contributed by atoms with E-state index in [1.54, 1.807) is 0 Å². The zero-order valence-electron chi connectivity index (χ0n) is 15.7. The van der Waals surface area contributed by atoms with Crippen molar-refractivity contribution in [2.75, 3.05) is 0 Å². The first-order chi connectivity index (χ1) is 12.8. The van der Waals surface area contributed by atoms with Gasteiger partial charge in [-0.2, -0.15) is 0 Å². The van der Waals surface area contributed by atoms with Crippen LogP contribution >= 0.6 is 18.5 Å². The van der Waals surface area contributed by atoms with E-state index in [4.69, 9.17) is 11.2 Å². The molecule has 138 valence electrons. The van der Waals surface area contributed by atoms with Gasteiger partial charge in [0.25, 0.3) is 0 Å². The molecule has 2 saturated carbocycles. The number of rotatable bonds is 4. The van der Waals surface area contributed by atoms with Crippen molar-refractivity contribution in [3.63, 3.8) is 0 Å². The van der Waals surface area contributed by atoms with E-state index in [1.807, 2.05) is 0 Å². The molecule has 0 N–H and O–H groups in total. The minimum Gasteiger partial charge on any atom is -0.0859 e. The summed E-state index contributed by atoms with van der Waals surface area (Å²) in [6.07, 6.45) is 13.8. The van der Waals surface area contributed by atoms with Gasteiger partial charge in [0.05, 0.1) is 7.27 Å². The highest BCUT2D eigenvalue weighted by Crippen LogP contribution is 2.41. The van der Waals surface area contributed by atoms with Crippen molar-refractivity contribution in [3.05, 3.63) is 59.7 Å². The van der Waals surface area contributed by atoms with Crippen molar-refractivity contribution in [3.8, 4) is 0 Å².